The number of aliphatic imine (C=N–C) groups is 1. The van der Waals surface area contributed by atoms with E-state index >= 15 is 0 Å². The van der Waals surface area contributed by atoms with Crippen molar-refractivity contribution in [1.82, 2.24) is 15.6 Å². The average Bonchev–Trinajstić information content (AvgIpc) is 2.92. The maximum Gasteiger partial charge on any atom is 0.206 e. The van der Waals surface area contributed by atoms with E-state index < -0.39 is 0 Å². The summed E-state index contributed by atoms with van der Waals surface area (Å²) in [5, 5.41) is 3.41. The van der Waals surface area contributed by atoms with Crippen LogP contribution in [-0.4, -0.2) is 42.6 Å². The quantitative estimate of drug-likeness (QED) is 0.310. The Bertz CT molecular complexity index is 280. The molecule has 0 spiro atoms. The van der Waals surface area contributed by atoms with Crippen LogP contribution in [0.15, 0.2) is 4.99 Å². The summed E-state index contributed by atoms with van der Waals surface area (Å²) in [6.07, 6.45) is 9.07. The van der Waals surface area contributed by atoms with Crippen molar-refractivity contribution in [1.29, 1.82) is 0 Å². The normalized spacial score (nSPS) is 24.4. The maximum absolute atomic E-state index is 5.58. The molecule has 1 aliphatic heterocycles. The first kappa shape index (κ1) is 14.6. The van der Waals surface area contributed by atoms with Crippen molar-refractivity contribution >= 4 is 5.96 Å². The van der Waals surface area contributed by atoms with Crippen LogP contribution < -0.4 is 16.6 Å². The van der Waals surface area contributed by atoms with Gasteiger partial charge in [-0.1, -0.05) is 19.3 Å². The number of piperidine rings is 1. The van der Waals surface area contributed by atoms with E-state index in [0.717, 1.165) is 12.5 Å². The van der Waals surface area contributed by atoms with Gasteiger partial charge in [0.1, 0.15) is 0 Å². The first-order valence-electron chi connectivity index (χ1n) is 7.81. The summed E-state index contributed by atoms with van der Waals surface area (Å²) in [7, 11) is 0. The zero-order chi connectivity index (χ0) is 13.5. The van der Waals surface area contributed by atoms with Gasteiger partial charge in [0.2, 0.25) is 5.96 Å². The molecule has 5 nitrogen and oxygen atoms in total. The van der Waals surface area contributed by atoms with Crippen molar-refractivity contribution < 1.29 is 0 Å². The van der Waals surface area contributed by atoms with E-state index in [0.29, 0.717) is 12.1 Å². The third-order valence-electron chi connectivity index (χ3n) is 4.14. The minimum Gasteiger partial charge on any atom is -0.352 e. The van der Waals surface area contributed by atoms with Gasteiger partial charge in [-0.15, -0.1) is 0 Å². The fourth-order valence-corrected chi connectivity index (χ4v) is 3.14. The topological polar surface area (TPSA) is 65.7 Å². The van der Waals surface area contributed by atoms with Crippen LogP contribution in [-0.2, 0) is 0 Å². The molecule has 1 saturated carbocycles. The third-order valence-corrected chi connectivity index (χ3v) is 4.14. The second-order valence-electron chi connectivity index (χ2n) is 5.97. The molecule has 1 atom stereocenters. The molecule has 0 amide bonds. The number of hydrogen-bond donors (Lipinski definition) is 3. The van der Waals surface area contributed by atoms with Crippen LogP contribution in [0.25, 0.3) is 0 Å². The van der Waals surface area contributed by atoms with Gasteiger partial charge in [-0.2, -0.15) is 0 Å². The fourth-order valence-electron chi connectivity index (χ4n) is 3.14. The van der Waals surface area contributed by atoms with Gasteiger partial charge in [0, 0.05) is 12.6 Å². The minimum atomic E-state index is 0.384. The van der Waals surface area contributed by atoms with Crippen molar-refractivity contribution in [2.24, 2.45) is 10.8 Å². The van der Waals surface area contributed by atoms with Crippen LogP contribution in [0.5, 0.6) is 0 Å². The molecule has 0 bridgehead atoms. The second-order valence-corrected chi connectivity index (χ2v) is 5.97. The number of nitrogens with zero attached hydrogens (tertiary/aromatic N) is 2. The summed E-state index contributed by atoms with van der Waals surface area (Å²) in [4.78, 5) is 7.21. The molecule has 110 valence electrons. The van der Waals surface area contributed by atoms with E-state index in [9.17, 15) is 0 Å². The van der Waals surface area contributed by atoms with Gasteiger partial charge in [-0.05, 0) is 45.7 Å². The Labute approximate surface area is 117 Å². The van der Waals surface area contributed by atoms with Crippen LogP contribution in [0.2, 0.25) is 0 Å². The SMILES string of the molecule is CC(CN1CCCCC1)NC(=NC1CCCC1)NN. The number of guanidine groups is 1. The summed E-state index contributed by atoms with van der Waals surface area (Å²) >= 11 is 0. The largest absolute Gasteiger partial charge is 0.352 e. The van der Waals surface area contributed by atoms with E-state index in [1.165, 1.54) is 58.0 Å². The molecule has 2 fully saturated rings. The van der Waals surface area contributed by atoms with Crippen molar-refractivity contribution in [3.05, 3.63) is 0 Å². The van der Waals surface area contributed by atoms with Crippen molar-refractivity contribution in [2.45, 2.75) is 64.0 Å². The summed E-state index contributed by atoms with van der Waals surface area (Å²) in [6.45, 7) is 5.75. The summed E-state index contributed by atoms with van der Waals surface area (Å²) in [5.41, 5.74) is 2.72. The molecular weight excluding hydrogens is 238 g/mol. The lowest BCUT2D eigenvalue weighted by Gasteiger charge is -2.29. The Morgan fingerprint density at radius 2 is 1.89 bits per heavy atom. The van der Waals surface area contributed by atoms with E-state index in [1.807, 2.05) is 0 Å². The first-order chi connectivity index (χ1) is 9.28. The molecule has 0 aromatic carbocycles. The smallest absolute Gasteiger partial charge is 0.206 e. The van der Waals surface area contributed by atoms with Gasteiger partial charge in [-0.25, -0.2) is 10.8 Å². The number of nitrogens with one attached hydrogen (secondary N) is 2. The first-order valence-corrected chi connectivity index (χ1v) is 7.81. The van der Waals surface area contributed by atoms with Crippen LogP contribution >= 0.6 is 0 Å². The van der Waals surface area contributed by atoms with Gasteiger partial charge in [0.15, 0.2) is 0 Å². The summed E-state index contributed by atoms with van der Waals surface area (Å²) in [5.74, 6) is 6.34. The molecule has 19 heavy (non-hydrogen) atoms. The molecule has 4 N–H and O–H groups in total. The van der Waals surface area contributed by atoms with Gasteiger partial charge >= 0.3 is 0 Å². The van der Waals surface area contributed by atoms with Gasteiger partial charge in [0.05, 0.1) is 6.04 Å². The van der Waals surface area contributed by atoms with Gasteiger partial charge in [-0.3, -0.25) is 5.43 Å². The molecule has 1 saturated heterocycles. The number of rotatable bonds is 4. The molecule has 1 unspecified atom stereocenters. The number of nitrogens with two attached hydrogens (primary N) is 1. The Hall–Kier alpha value is -0.810. The van der Waals surface area contributed by atoms with Gasteiger partial charge < -0.3 is 10.2 Å². The molecule has 1 aliphatic carbocycles. The molecule has 5 heteroatoms. The van der Waals surface area contributed by atoms with Crippen LogP contribution in [0.1, 0.15) is 51.9 Å². The standard InChI is InChI=1S/C14H29N5/c1-12(11-19-9-5-2-6-10-19)16-14(18-15)17-13-7-3-4-8-13/h12-13H,2-11,15H2,1H3,(H2,16,17,18). The summed E-state index contributed by atoms with van der Waals surface area (Å²) in [6, 6.07) is 0.843. The molecule has 0 aromatic rings. The van der Waals surface area contributed by atoms with Crippen molar-refractivity contribution in [3.8, 4) is 0 Å². The molecule has 1 heterocycles. The van der Waals surface area contributed by atoms with E-state index in [4.69, 9.17) is 5.84 Å². The molecule has 2 rings (SSSR count). The van der Waals surface area contributed by atoms with E-state index in [2.05, 4.69) is 27.6 Å². The average molecular weight is 267 g/mol. The van der Waals surface area contributed by atoms with E-state index in [1.54, 1.807) is 0 Å². The monoisotopic (exact) mass is 267 g/mol. The Morgan fingerprint density at radius 1 is 1.21 bits per heavy atom. The van der Waals surface area contributed by atoms with Crippen LogP contribution in [0, 0.1) is 0 Å². The maximum atomic E-state index is 5.58. The van der Waals surface area contributed by atoms with Crippen LogP contribution in [0.4, 0.5) is 0 Å². The highest BCUT2D eigenvalue weighted by Gasteiger charge is 2.17. The molecule has 0 aromatic heterocycles. The van der Waals surface area contributed by atoms with Crippen molar-refractivity contribution in [3.63, 3.8) is 0 Å². The highest BCUT2D eigenvalue weighted by Crippen LogP contribution is 2.20. The second kappa shape index (κ2) is 7.70. The van der Waals surface area contributed by atoms with Gasteiger partial charge in [0.25, 0.3) is 0 Å². The number of hydrogen-bond acceptors (Lipinski definition) is 3. The molecule has 2 aliphatic rings. The Morgan fingerprint density at radius 3 is 2.53 bits per heavy atom. The van der Waals surface area contributed by atoms with Crippen LogP contribution in [0.3, 0.4) is 0 Å². The lowest BCUT2D eigenvalue weighted by atomic mass is 10.1. The number of hydrazine groups is 1. The van der Waals surface area contributed by atoms with Crippen molar-refractivity contribution in [2.75, 3.05) is 19.6 Å². The predicted molar refractivity (Wildman–Crippen MR) is 79.9 cm³/mol. The fraction of sp³-hybridized carbons (Fsp3) is 0.929. The highest BCUT2D eigenvalue weighted by molar-refractivity contribution is 5.79. The lowest BCUT2D eigenvalue weighted by Crippen LogP contribution is -2.50. The zero-order valence-corrected chi connectivity index (χ0v) is 12.2. The molecular formula is C14H29N5. The number of likely N-dealkylation sites (tertiary alicyclic amines) is 1. The van der Waals surface area contributed by atoms with E-state index in [-0.39, 0.29) is 0 Å². The molecule has 0 radical (unpaired) electrons. The Kier molecular flexibility index (Phi) is 5.92. The highest BCUT2D eigenvalue weighted by atomic mass is 15.3. The Balaban J connectivity index is 1.76. The third kappa shape index (κ3) is 4.99. The lowest BCUT2D eigenvalue weighted by molar-refractivity contribution is 0.214. The zero-order valence-electron chi connectivity index (χ0n) is 12.2. The predicted octanol–water partition coefficient (Wildman–Crippen LogP) is 1.21. The summed E-state index contributed by atoms with van der Waals surface area (Å²) < 4.78 is 0. The minimum absolute atomic E-state index is 0.384.